The van der Waals surface area contributed by atoms with Gasteiger partial charge in [0.05, 0.1) is 12.2 Å². The molecule has 1 aliphatic heterocycles. The van der Waals surface area contributed by atoms with Crippen LogP contribution in [0.25, 0.3) is 0 Å². The maximum atomic E-state index is 10.5. The molecule has 1 saturated heterocycles. The van der Waals surface area contributed by atoms with Crippen LogP contribution in [0.1, 0.15) is 32.6 Å². The van der Waals surface area contributed by atoms with E-state index in [0.717, 1.165) is 32.3 Å². The third-order valence-corrected chi connectivity index (χ3v) is 4.07. The standard InChI is InChI=1S/C11H21NO2/c1-9-5-11(13,6-9)10(7-12)3-2-4-14-8-10/h9,13H,2-8,12H2,1H3. The van der Waals surface area contributed by atoms with Crippen molar-refractivity contribution in [3.8, 4) is 0 Å². The highest BCUT2D eigenvalue weighted by molar-refractivity contribution is 5.07. The molecule has 1 saturated carbocycles. The minimum Gasteiger partial charge on any atom is -0.389 e. The van der Waals surface area contributed by atoms with Crippen molar-refractivity contribution in [2.75, 3.05) is 19.8 Å². The summed E-state index contributed by atoms with van der Waals surface area (Å²) in [6, 6.07) is 0. The zero-order chi connectivity index (χ0) is 10.2. The van der Waals surface area contributed by atoms with Crippen molar-refractivity contribution >= 4 is 0 Å². The van der Waals surface area contributed by atoms with Gasteiger partial charge in [0.25, 0.3) is 0 Å². The average Bonchev–Trinajstić information content (AvgIpc) is 2.16. The molecule has 14 heavy (non-hydrogen) atoms. The van der Waals surface area contributed by atoms with Crippen molar-refractivity contribution in [2.45, 2.75) is 38.2 Å². The van der Waals surface area contributed by atoms with Crippen LogP contribution in [0.5, 0.6) is 0 Å². The Morgan fingerprint density at radius 3 is 2.64 bits per heavy atom. The molecule has 1 unspecified atom stereocenters. The van der Waals surface area contributed by atoms with Crippen molar-refractivity contribution < 1.29 is 9.84 Å². The molecule has 3 nitrogen and oxygen atoms in total. The summed E-state index contributed by atoms with van der Waals surface area (Å²) in [6.07, 6.45) is 3.85. The SMILES string of the molecule is CC1CC(O)(C2(CN)CCCOC2)C1. The molecule has 2 fully saturated rings. The summed E-state index contributed by atoms with van der Waals surface area (Å²) in [4.78, 5) is 0. The molecule has 2 aliphatic rings. The molecule has 3 N–H and O–H groups in total. The fraction of sp³-hybridized carbons (Fsp3) is 1.00. The van der Waals surface area contributed by atoms with Crippen LogP contribution in [0.4, 0.5) is 0 Å². The molecule has 0 radical (unpaired) electrons. The van der Waals surface area contributed by atoms with Crippen molar-refractivity contribution in [1.82, 2.24) is 0 Å². The predicted molar refractivity (Wildman–Crippen MR) is 54.9 cm³/mol. The van der Waals surface area contributed by atoms with E-state index in [-0.39, 0.29) is 5.41 Å². The predicted octanol–water partition coefficient (Wildman–Crippen LogP) is 0.903. The van der Waals surface area contributed by atoms with Gasteiger partial charge < -0.3 is 15.6 Å². The molecular weight excluding hydrogens is 178 g/mol. The molecule has 1 atom stereocenters. The third-order valence-electron chi connectivity index (χ3n) is 4.07. The maximum Gasteiger partial charge on any atom is 0.0743 e. The molecule has 1 heterocycles. The van der Waals surface area contributed by atoms with Crippen molar-refractivity contribution in [3.05, 3.63) is 0 Å². The summed E-state index contributed by atoms with van der Waals surface area (Å²) in [6.45, 7) is 4.21. The highest BCUT2D eigenvalue weighted by Gasteiger charge is 2.56. The average molecular weight is 199 g/mol. The van der Waals surface area contributed by atoms with Crippen LogP contribution >= 0.6 is 0 Å². The molecule has 0 bridgehead atoms. The molecule has 82 valence electrons. The van der Waals surface area contributed by atoms with Gasteiger partial charge in [-0.05, 0) is 31.6 Å². The summed E-state index contributed by atoms with van der Waals surface area (Å²) >= 11 is 0. The maximum absolute atomic E-state index is 10.5. The zero-order valence-corrected chi connectivity index (χ0v) is 8.96. The second-order valence-electron chi connectivity index (χ2n) is 5.19. The number of aliphatic hydroxyl groups is 1. The third kappa shape index (κ3) is 1.38. The molecular formula is C11H21NO2. The topological polar surface area (TPSA) is 55.5 Å². The van der Waals surface area contributed by atoms with Gasteiger partial charge in [0.15, 0.2) is 0 Å². The van der Waals surface area contributed by atoms with Crippen molar-refractivity contribution in [1.29, 1.82) is 0 Å². The van der Waals surface area contributed by atoms with Crippen LogP contribution in [0.3, 0.4) is 0 Å². The Kier molecular flexibility index (Phi) is 2.58. The Hall–Kier alpha value is -0.120. The first-order chi connectivity index (χ1) is 6.62. The van der Waals surface area contributed by atoms with Gasteiger partial charge in [-0.2, -0.15) is 0 Å². The van der Waals surface area contributed by atoms with E-state index < -0.39 is 5.60 Å². The van der Waals surface area contributed by atoms with Gasteiger partial charge in [0.1, 0.15) is 0 Å². The van der Waals surface area contributed by atoms with Gasteiger partial charge in [0.2, 0.25) is 0 Å². The van der Waals surface area contributed by atoms with E-state index in [0.29, 0.717) is 19.1 Å². The van der Waals surface area contributed by atoms with Gasteiger partial charge in [-0.3, -0.25) is 0 Å². The van der Waals surface area contributed by atoms with Crippen molar-refractivity contribution in [2.24, 2.45) is 17.1 Å². The summed E-state index contributed by atoms with van der Waals surface area (Å²) in [5.74, 6) is 0.644. The van der Waals surface area contributed by atoms with Crippen LogP contribution in [0, 0.1) is 11.3 Å². The van der Waals surface area contributed by atoms with Gasteiger partial charge in [0, 0.05) is 18.6 Å². The highest BCUT2D eigenvalue weighted by Crippen LogP contribution is 2.52. The smallest absolute Gasteiger partial charge is 0.0743 e. The fourth-order valence-electron chi connectivity index (χ4n) is 3.10. The fourth-order valence-corrected chi connectivity index (χ4v) is 3.10. The summed E-state index contributed by atoms with van der Waals surface area (Å²) in [5, 5.41) is 10.5. The lowest BCUT2D eigenvalue weighted by molar-refractivity contribution is -0.198. The molecule has 2 rings (SSSR count). The second kappa shape index (κ2) is 3.47. The van der Waals surface area contributed by atoms with Gasteiger partial charge >= 0.3 is 0 Å². The first-order valence-corrected chi connectivity index (χ1v) is 5.62. The van der Waals surface area contributed by atoms with E-state index in [1.807, 2.05) is 0 Å². The van der Waals surface area contributed by atoms with Gasteiger partial charge in [-0.15, -0.1) is 0 Å². The quantitative estimate of drug-likeness (QED) is 0.695. The number of ether oxygens (including phenoxy) is 1. The monoisotopic (exact) mass is 199 g/mol. The summed E-state index contributed by atoms with van der Waals surface area (Å²) in [7, 11) is 0. The molecule has 0 aromatic carbocycles. The van der Waals surface area contributed by atoms with Crippen LogP contribution in [-0.2, 0) is 4.74 Å². The summed E-state index contributed by atoms with van der Waals surface area (Å²) in [5.41, 5.74) is 5.14. The Morgan fingerprint density at radius 1 is 1.50 bits per heavy atom. The van der Waals surface area contributed by atoms with Crippen LogP contribution in [0.15, 0.2) is 0 Å². The molecule has 0 amide bonds. The van der Waals surface area contributed by atoms with E-state index in [2.05, 4.69) is 6.92 Å². The molecule has 0 spiro atoms. The minimum atomic E-state index is -0.540. The second-order valence-corrected chi connectivity index (χ2v) is 5.19. The highest BCUT2D eigenvalue weighted by atomic mass is 16.5. The van der Waals surface area contributed by atoms with E-state index in [1.165, 1.54) is 0 Å². The van der Waals surface area contributed by atoms with E-state index >= 15 is 0 Å². The Balaban J connectivity index is 2.10. The Bertz CT molecular complexity index is 205. The van der Waals surface area contributed by atoms with Crippen molar-refractivity contribution in [3.63, 3.8) is 0 Å². The number of nitrogens with two attached hydrogens (primary N) is 1. The molecule has 3 heteroatoms. The van der Waals surface area contributed by atoms with Crippen LogP contribution in [-0.4, -0.2) is 30.5 Å². The lowest BCUT2D eigenvalue weighted by Crippen LogP contribution is -2.62. The Morgan fingerprint density at radius 2 is 2.21 bits per heavy atom. The lowest BCUT2D eigenvalue weighted by atomic mass is 9.55. The normalized spacial score (nSPS) is 48.6. The summed E-state index contributed by atoms with van der Waals surface area (Å²) < 4.78 is 5.49. The van der Waals surface area contributed by atoms with Gasteiger partial charge in [-0.25, -0.2) is 0 Å². The lowest BCUT2D eigenvalue weighted by Gasteiger charge is -2.56. The van der Waals surface area contributed by atoms with Crippen LogP contribution in [0.2, 0.25) is 0 Å². The van der Waals surface area contributed by atoms with E-state index in [4.69, 9.17) is 10.5 Å². The molecule has 0 aromatic rings. The molecule has 1 aliphatic carbocycles. The van der Waals surface area contributed by atoms with E-state index in [9.17, 15) is 5.11 Å². The van der Waals surface area contributed by atoms with Gasteiger partial charge in [-0.1, -0.05) is 6.92 Å². The first-order valence-electron chi connectivity index (χ1n) is 5.62. The zero-order valence-electron chi connectivity index (χ0n) is 8.96. The number of hydrogen-bond acceptors (Lipinski definition) is 3. The number of rotatable bonds is 2. The minimum absolute atomic E-state index is 0.155. The number of hydrogen-bond donors (Lipinski definition) is 2. The Labute approximate surface area is 85.6 Å². The largest absolute Gasteiger partial charge is 0.389 e. The van der Waals surface area contributed by atoms with E-state index in [1.54, 1.807) is 0 Å². The van der Waals surface area contributed by atoms with Crippen LogP contribution < -0.4 is 5.73 Å². The molecule has 0 aromatic heterocycles. The first kappa shape index (κ1) is 10.4.